The zero-order valence-corrected chi connectivity index (χ0v) is 18.9. The Kier molecular flexibility index (Phi) is 8.32. The zero-order chi connectivity index (χ0) is 24.9. The summed E-state index contributed by atoms with van der Waals surface area (Å²) < 4.78 is 89.1. The van der Waals surface area contributed by atoms with E-state index in [-0.39, 0.29) is 11.5 Å². The van der Waals surface area contributed by atoms with Crippen LogP contribution in [0, 0.1) is 0 Å². The monoisotopic (exact) mass is 478 g/mol. The summed E-state index contributed by atoms with van der Waals surface area (Å²) in [6.07, 6.45) is -8.79. The van der Waals surface area contributed by atoms with Crippen LogP contribution in [0.2, 0.25) is 0 Å². The largest absolute Gasteiger partial charge is 0.484 e. The Morgan fingerprint density at radius 3 is 1.09 bits per heavy atom. The van der Waals surface area contributed by atoms with E-state index >= 15 is 0 Å². The molecule has 0 aliphatic heterocycles. The highest BCUT2D eigenvalue weighted by atomic mass is 19.4. The summed E-state index contributed by atoms with van der Waals surface area (Å²) in [5, 5.41) is 0. The fourth-order valence-electron chi connectivity index (χ4n) is 3.06. The second-order valence-corrected chi connectivity index (χ2v) is 9.12. The average molecular weight is 478 g/mol. The number of benzene rings is 2. The second kappa shape index (κ2) is 10.2. The number of ether oxygens (including phenoxy) is 3. The van der Waals surface area contributed by atoms with Crippen LogP contribution in [0.5, 0.6) is 11.5 Å². The summed E-state index contributed by atoms with van der Waals surface area (Å²) in [6.45, 7) is 5.85. The first-order valence-electron chi connectivity index (χ1n) is 10.3. The maximum atomic E-state index is 12.3. The molecule has 0 heterocycles. The topological polar surface area (TPSA) is 27.7 Å². The average Bonchev–Trinajstić information content (AvgIpc) is 2.70. The van der Waals surface area contributed by atoms with Crippen molar-refractivity contribution in [3.8, 4) is 11.5 Å². The minimum absolute atomic E-state index is 0.136. The predicted octanol–water partition coefficient (Wildman–Crippen LogP) is 6.84. The van der Waals surface area contributed by atoms with Gasteiger partial charge in [0, 0.05) is 10.8 Å². The van der Waals surface area contributed by atoms with E-state index in [1.54, 1.807) is 24.3 Å². The summed E-state index contributed by atoms with van der Waals surface area (Å²) in [5.41, 5.74) is 0.943. The molecule has 9 heteroatoms. The summed E-state index contributed by atoms with van der Waals surface area (Å²) in [6, 6.07) is 12.8. The summed E-state index contributed by atoms with van der Waals surface area (Å²) in [4.78, 5) is 0. The Morgan fingerprint density at radius 2 is 0.818 bits per heavy atom. The zero-order valence-electron chi connectivity index (χ0n) is 18.9. The van der Waals surface area contributed by atoms with Gasteiger partial charge < -0.3 is 14.2 Å². The Labute approximate surface area is 189 Å². The molecule has 0 aliphatic carbocycles. The summed E-state index contributed by atoms with van der Waals surface area (Å²) in [5.74, 6) is 0.271. The van der Waals surface area contributed by atoms with Gasteiger partial charge >= 0.3 is 12.4 Å². The number of hydrogen-bond donors (Lipinski definition) is 0. The third kappa shape index (κ3) is 9.15. The number of hydrogen-bond acceptors (Lipinski definition) is 3. The van der Waals surface area contributed by atoms with E-state index in [1.165, 1.54) is 24.3 Å². The molecule has 2 aromatic carbocycles. The van der Waals surface area contributed by atoms with Gasteiger partial charge in [-0.3, -0.25) is 0 Å². The van der Waals surface area contributed by atoms with Crippen LogP contribution in [0.4, 0.5) is 26.3 Å². The van der Waals surface area contributed by atoms with Crippen LogP contribution >= 0.6 is 0 Å². The Morgan fingerprint density at radius 1 is 0.515 bits per heavy atom. The van der Waals surface area contributed by atoms with Crippen molar-refractivity contribution in [2.45, 2.75) is 50.9 Å². The van der Waals surface area contributed by atoms with Gasteiger partial charge in [-0.2, -0.15) is 26.3 Å². The molecule has 184 valence electrons. The van der Waals surface area contributed by atoms with Gasteiger partial charge in [0.2, 0.25) is 0 Å². The standard InChI is InChI=1S/C24H28F6O3/c1-21(2,17-5-9-19(10-6-17)32-15-23(25,26)27)13-31-14-22(3,4)18-7-11-20(12-8-18)33-16-24(28,29)30/h5-12H,13-16H2,1-4H3. The van der Waals surface area contributed by atoms with Crippen molar-refractivity contribution < 1.29 is 40.6 Å². The van der Waals surface area contributed by atoms with E-state index in [2.05, 4.69) is 0 Å². The fraction of sp³-hybridized carbons (Fsp3) is 0.500. The number of halogens is 6. The van der Waals surface area contributed by atoms with Crippen LogP contribution < -0.4 is 9.47 Å². The molecule has 0 saturated carbocycles. The third-order valence-electron chi connectivity index (χ3n) is 5.00. The molecular formula is C24H28F6O3. The maximum Gasteiger partial charge on any atom is 0.422 e. The van der Waals surface area contributed by atoms with Gasteiger partial charge in [-0.1, -0.05) is 52.0 Å². The lowest BCUT2D eigenvalue weighted by atomic mass is 9.84. The molecule has 0 radical (unpaired) electrons. The van der Waals surface area contributed by atoms with Gasteiger partial charge in [0.25, 0.3) is 0 Å². The van der Waals surface area contributed by atoms with E-state index in [9.17, 15) is 26.3 Å². The fourth-order valence-corrected chi connectivity index (χ4v) is 3.06. The van der Waals surface area contributed by atoms with Gasteiger partial charge in [0.1, 0.15) is 11.5 Å². The smallest absolute Gasteiger partial charge is 0.422 e. The normalized spacial score (nSPS) is 13.2. The quantitative estimate of drug-likeness (QED) is 0.350. The van der Waals surface area contributed by atoms with Crippen molar-refractivity contribution >= 4 is 0 Å². The summed E-state index contributed by atoms with van der Waals surface area (Å²) >= 11 is 0. The van der Waals surface area contributed by atoms with Crippen molar-refractivity contribution in [2.75, 3.05) is 26.4 Å². The molecule has 0 bridgehead atoms. The molecule has 0 saturated heterocycles. The Balaban J connectivity index is 1.90. The molecule has 0 amide bonds. The van der Waals surface area contributed by atoms with Crippen LogP contribution in [-0.4, -0.2) is 38.8 Å². The molecule has 0 aliphatic rings. The van der Waals surface area contributed by atoms with Gasteiger partial charge in [0.15, 0.2) is 13.2 Å². The molecule has 2 aromatic rings. The molecular weight excluding hydrogens is 450 g/mol. The van der Waals surface area contributed by atoms with E-state index in [0.717, 1.165) is 11.1 Å². The Hall–Kier alpha value is -2.42. The molecule has 0 aromatic heterocycles. The lowest BCUT2D eigenvalue weighted by Gasteiger charge is -2.30. The van der Waals surface area contributed by atoms with Crippen LogP contribution in [0.3, 0.4) is 0 Å². The van der Waals surface area contributed by atoms with E-state index < -0.39 is 36.4 Å². The van der Waals surface area contributed by atoms with Crippen molar-refractivity contribution in [2.24, 2.45) is 0 Å². The summed E-state index contributed by atoms with van der Waals surface area (Å²) in [7, 11) is 0. The van der Waals surface area contributed by atoms with Gasteiger partial charge in [0.05, 0.1) is 13.2 Å². The molecule has 0 spiro atoms. The SMILES string of the molecule is CC(C)(COCC(C)(C)c1ccc(OCC(F)(F)F)cc1)c1ccc(OCC(F)(F)F)cc1. The highest BCUT2D eigenvalue weighted by molar-refractivity contribution is 5.33. The van der Waals surface area contributed by atoms with Crippen LogP contribution in [0.1, 0.15) is 38.8 Å². The lowest BCUT2D eigenvalue weighted by Crippen LogP contribution is -2.30. The molecule has 3 nitrogen and oxygen atoms in total. The first-order valence-corrected chi connectivity index (χ1v) is 10.3. The number of rotatable bonds is 10. The van der Waals surface area contributed by atoms with Crippen LogP contribution in [0.25, 0.3) is 0 Å². The number of alkyl halides is 6. The molecule has 0 atom stereocenters. The minimum Gasteiger partial charge on any atom is -0.484 e. The highest BCUT2D eigenvalue weighted by Gasteiger charge is 2.30. The molecule has 0 fully saturated rings. The third-order valence-corrected chi connectivity index (χ3v) is 5.00. The van der Waals surface area contributed by atoms with Crippen LogP contribution in [0.15, 0.2) is 48.5 Å². The second-order valence-electron chi connectivity index (χ2n) is 9.12. The van der Waals surface area contributed by atoms with E-state index in [4.69, 9.17) is 14.2 Å². The van der Waals surface area contributed by atoms with E-state index in [0.29, 0.717) is 13.2 Å². The van der Waals surface area contributed by atoms with Gasteiger partial charge in [-0.05, 0) is 35.4 Å². The van der Waals surface area contributed by atoms with E-state index in [1.807, 2.05) is 27.7 Å². The van der Waals surface area contributed by atoms with Crippen molar-refractivity contribution in [3.63, 3.8) is 0 Å². The molecule has 0 unspecified atom stereocenters. The van der Waals surface area contributed by atoms with Crippen molar-refractivity contribution in [1.82, 2.24) is 0 Å². The molecule has 0 N–H and O–H groups in total. The molecule has 33 heavy (non-hydrogen) atoms. The minimum atomic E-state index is -4.39. The van der Waals surface area contributed by atoms with Crippen LogP contribution in [-0.2, 0) is 15.6 Å². The molecule has 2 rings (SSSR count). The van der Waals surface area contributed by atoms with Gasteiger partial charge in [-0.25, -0.2) is 0 Å². The first kappa shape index (κ1) is 26.8. The van der Waals surface area contributed by atoms with Gasteiger partial charge in [-0.15, -0.1) is 0 Å². The predicted molar refractivity (Wildman–Crippen MR) is 113 cm³/mol. The lowest BCUT2D eigenvalue weighted by molar-refractivity contribution is -0.154. The maximum absolute atomic E-state index is 12.3. The highest BCUT2D eigenvalue weighted by Crippen LogP contribution is 2.30. The Bertz CT molecular complexity index is 796. The first-order chi connectivity index (χ1) is 15.1. The van der Waals surface area contributed by atoms with Crippen molar-refractivity contribution in [1.29, 1.82) is 0 Å². The van der Waals surface area contributed by atoms with Crippen molar-refractivity contribution in [3.05, 3.63) is 59.7 Å².